The summed E-state index contributed by atoms with van der Waals surface area (Å²) in [6.07, 6.45) is 1.88. The standard InChI is InChI=1S/C24H22FN5O2/c1-29-20-12-13-30(21(31)11-10-16-6-3-2-4-7-16)15-19(20)22(27-29)24-26-23(28-32-24)17-8-5-9-18(25)14-17/h2-9,14H,10-13,15H2,1H3. The first-order valence-electron chi connectivity index (χ1n) is 10.5. The fraction of sp³-hybridized carbons (Fsp3) is 0.250. The van der Waals surface area contributed by atoms with Gasteiger partial charge in [0.25, 0.3) is 5.89 Å². The van der Waals surface area contributed by atoms with E-state index in [0.717, 1.165) is 16.8 Å². The van der Waals surface area contributed by atoms with E-state index in [-0.39, 0.29) is 17.6 Å². The van der Waals surface area contributed by atoms with Gasteiger partial charge in [0.1, 0.15) is 5.82 Å². The van der Waals surface area contributed by atoms with Crippen LogP contribution in [-0.2, 0) is 31.2 Å². The average Bonchev–Trinajstić information content (AvgIpc) is 3.43. The van der Waals surface area contributed by atoms with Crippen molar-refractivity contribution >= 4 is 5.91 Å². The molecule has 0 aliphatic carbocycles. The van der Waals surface area contributed by atoms with Crippen LogP contribution < -0.4 is 0 Å². The summed E-state index contributed by atoms with van der Waals surface area (Å²) in [6.45, 7) is 1.10. The zero-order valence-corrected chi connectivity index (χ0v) is 17.7. The second kappa shape index (κ2) is 8.37. The minimum atomic E-state index is -0.367. The topological polar surface area (TPSA) is 77.1 Å². The molecule has 1 aliphatic heterocycles. The molecule has 0 fully saturated rings. The minimum Gasteiger partial charge on any atom is -0.338 e. The van der Waals surface area contributed by atoms with E-state index in [9.17, 15) is 9.18 Å². The van der Waals surface area contributed by atoms with Crippen molar-refractivity contribution in [3.8, 4) is 23.0 Å². The largest absolute Gasteiger partial charge is 0.338 e. The number of aryl methyl sites for hydroxylation is 2. The maximum Gasteiger partial charge on any atom is 0.279 e. The van der Waals surface area contributed by atoms with Gasteiger partial charge < -0.3 is 9.42 Å². The van der Waals surface area contributed by atoms with Crippen LogP contribution in [0.3, 0.4) is 0 Å². The third-order valence-corrected chi connectivity index (χ3v) is 5.78. The Morgan fingerprint density at radius 3 is 2.81 bits per heavy atom. The first-order chi connectivity index (χ1) is 15.6. The molecule has 0 unspecified atom stereocenters. The van der Waals surface area contributed by atoms with Gasteiger partial charge in [-0.25, -0.2) is 4.39 Å². The van der Waals surface area contributed by atoms with E-state index in [4.69, 9.17) is 4.52 Å². The van der Waals surface area contributed by atoms with Gasteiger partial charge in [-0.1, -0.05) is 47.6 Å². The van der Waals surface area contributed by atoms with E-state index < -0.39 is 0 Å². The maximum absolute atomic E-state index is 13.6. The number of carbonyl (C=O) groups is 1. The zero-order chi connectivity index (χ0) is 22.1. The maximum atomic E-state index is 13.6. The summed E-state index contributed by atoms with van der Waals surface area (Å²) < 4.78 is 20.8. The van der Waals surface area contributed by atoms with Crippen molar-refractivity contribution in [1.29, 1.82) is 0 Å². The molecule has 0 bridgehead atoms. The zero-order valence-electron chi connectivity index (χ0n) is 17.7. The molecule has 0 atom stereocenters. The molecule has 5 rings (SSSR count). The molecule has 162 valence electrons. The van der Waals surface area contributed by atoms with E-state index in [2.05, 4.69) is 15.2 Å². The van der Waals surface area contributed by atoms with Crippen molar-refractivity contribution in [1.82, 2.24) is 24.8 Å². The third kappa shape index (κ3) is 3.91. The van der Waals surface area contributed by atoms with Gasteiger partial charge in [-0.15, -0.1) is 0 Å². The number of fused-ring (bicyclic) bond motifs is 1. The number of benzene rings is 2. The van der Waals surface area contributed by atoms with Crippen LogP contribution in [0, 0.1) is 5.82 Å². The van der Waals surface area contributed by atoms with E-state index in [1.807, 2.05) is 47.0 Å². The van der Waals surface area contributed by atoms with Gasteiger partial charge in [0.2, 0.25) is 11.7 Å². The molecule has 1 aliphatic rings. The number of hydrogen-bond donors (Lipinski definition) is 0. The molecule has 32 heavy (non-hydrogen) atoms. The molecule has 4 aromatic rings. The first-order valence-corrected chi connectivity index (χ1v) is 10.5. The minimum absolute atomic E-state index is 0.111. The lowest BCUT2D eigenvalue weighted by Crippen LogP contribution is -2.36. The van der Waals surface area contributed by atoms with E-state index in [0.29, 0.717) is 49.4 Å². The third-order valence-electron chi connectivity index (χ3n) is 5.78. The van der Waals surface area contributed by atoms with Crippen LogP contribution in [0.1, 0.15) is 23.2 Å². The van der Waals surface area contributed by atoms with Crippen molar-refractivity contribution in [2.45, 2.75) is 25.8 Å². The Bertz CT molecular complexity index is 1260. The van der Waals surface area contributed by atoms with Gasteiger partial charge in [0.05, 0.1) is 0 Å². The summed E-state index contributed by atoms with van der Waals surface area (Å²) in [6, 6.07) is 16.0. The van der Waals surface area contributed by atoms with Gasteiger partial charge in [0, 0.05) is 49.8 Å². The average molecular weight is 431 g/mol. The lowest BCUT2D eigenvalue weighted by atomic mass is 10.0. The molecule has 0 saturated heterocycles. The molecule has 1 amide bonds. The molecule has 0 radical (unpaired) electrons. The van der Waals surface area contributed by atoms with E-state index in [1.54, 1.807) is 12.1 Å². The summed E-state index contributed by atoms with van der Waals surface area (Å²) in [7, 11) is 1.87. The number of nitrogens with zero attached hydrogens (tertiary/aromatic N) is 5. The lowest BCUT2D eigenvalue weighted by Gasteiger charge is -2.27. The van der Waals surface area contributed by atoms with Crippen LogP contribution in [0.25, 0.3) is 23.0 Å². The molecule has 0 saturated carbocycles. The van der Waals surface area contributed by atoms with Crippen LogP contribution in [0.5, 0.6) is 0 Å². The number of carbonyl (C=O) groups excluding carboxylic acids is 1. The molecule has 0 spiro atoms. The van der Waals surface area contributed by atoms with Gasteiger partial charge >= 0.3 is 0 Å². The van der Waals surface area contributed by atoms with Crippen LogP contribution in [0.15, 0.2) is 59.1 Å². The quantitative estimate of drug-likeness (QED) is 0.481. The molecule has 2 aromatic carbocycles. The first kappa shape index (κ1) is 20.1. The second-order valence-electron chi connectivity index (χ2n) is 7.88. The SMILES string of the molecule is Cn1nc(-c2nc(-c3cccc(F)c3)no2)c2c1CCN(C(=O)CCc1ccccc1)C2. The summed E-state index contributed by atoms with van der Waals surface area (Å²) in [5.41, 5.74) is 4.22. The van der Waals surface area contributed by atoms with Crippen molar-refractivity contribution in [3.63, 3.8) is 0 Å². The molecule has 8 heteroatoms. The highest BCUT2D eigenvalue weighted by molar-refractivity contribution is 5.77. The summed E-state index contributed by atoms with van der Waals surface area (Å²) in [5, 5.41) is 8.58. The summed E-state index contributed by atoms with van der Waals surface area (Å²) in [5.74, 6) is 0.305. The highest BCUT2D eigenvalue weighted by Gasteiger charge is 2.29. The summed E-state index contributed by atoms with van der Waals surface area (Å²) >= 11 is 0. The molecule has 3 heterocycles. The molecular formula is C24H22FN5O2. The number of hydrogen-bond acceptors (Lipinski definition) is 5. The number of rotatable bonds is 5. The summed E-state index contributed by atoms with van der Waals surface area (Å²) in [4.78, 5) is 19.2. The normalized spacial score (nSPS) is 13.2. The second-order valence-corrected chi connectivity index (χ2v) is 7.88. The van der Waals surface area contributed by atoms with Crippen molar-refractivity contribution < 1.29 is 13.7 Å². The van der Waals surface area contributed by atoms with Crippen LogP contribution >= 0.6 is 0 Å². The van der Waals surface area contributed by atoms with Gasteiger partial charge in [-0.05, 0) is 24.1 Å². The van der Waals surface area contributed by atoms with Crippen LogP contribution in [0.4, 0.5) is 4.39 Å². The Balaban J connectivity index is 1.36. The molecule has 7 nitrogen and oxygen atoms in total. The predicted molar refractivity (Wildman–Crippen MR) is 116 cm³/mol. The number of aromatic nitrogens is 4. The Kier molecular flexibility index (Phi) is 5.26. The fourth-order valence-electron chi connectivity index (χ4n) is 4.10. The van der Waals surface area contributed by atoms with E-state index >= 15 is 0 Å². The number of halogens is 1. The Morgan fingerprint density at radius 1 is 1.16 bits per heavy atom. The van der Waals surface area contributed by atoms with Crippen molar-refractivity contribution in [2.75, 3.05) is 6.54 Å². The fourth-order valence-corrected chi connectivity index (χ4v) is 4.10. The van der Waals surface area contributed by atoms with Gasteiger partial charge in [-0.2, -0.15) is 10.1 Å². The predicted octanol–water partition coefficient (Wildman–Crippen LogP) is 3.79. The van der Waals surface area contributed by atoms with Crippen LogP contribution in [0.2, 0.25) is 0 Å². The monoisotopic (exact) mass is 431 g/mol. The van der Waals surface area contributed by atoms with Crippen molar-refractivity contribution in [2.24, 2.45) is 7.05 Å². The molecule has 0 N–H and O–H groups in total. The Labute approximate surface area is 184 Å². The smallest absolute Gasteiger partial charge is 0.279 e. The van der Waals surface area contributed by atoms with Gasteiger partial charge in [0.15, 0.2) is 5.69 Å². The molecular weight excluding hydrogens is 409 g/mol. The number of amides is 1. The lowest BCUT2D eigenvalue weighted by molar-refractivity contribution is -0.132. The Morgan fingerprint density at radius 2 is 2.00 bits per heavy atom. The van der Waals surface area contributed by atoms with E-state index in [1.165, 1.54) is 12.1 Å². The van der Waals surface area contributed by atoms with Crippen LogP contribution in [-0.4, -0.2) is 37.3 Å². The molecule has 2 aromatic heterocycles. The van der Waals surface area contributed by atoms with Crippen molar-refractivity contribution in [3.05, 3.63) is 77.2 Å². The van der Waals surface area contributed by atoms with Gasteiger partial charge in [-0.3, -0.25) is 9.48 Å². The Hall–Kier alpha value is -3.81. The highest BCUT2D eigenvalue weighted by atomic mass is 19.1. The highest BCUT2D eigenvalue weighted by Crippen LogP contribution is 2.30.